The van der Waals surface area contributed by atoms with Gasteiger partial charge in [-0.25, -0.2) is 0 Å². The van der Waals surface area contributed by atoms with Gasteiger partial charge in [0.05, 0.1) is 12.2 Å². The van der Waals surface area contributed by atoms with Crippen LogP contribution >= 0.6 is 0 Å². The van der Waals surface area contributed by atoms with Crippen LogP contribution in [0.25, 0.3) is 0 Å². The van der Waals surface area contributed by atoms with E-state index < -0.39 is 0 Å². The van der Waals surface area contributed by atoms with Crippen LogP contribution in [0.5, 0.6) is 0 Å². The lowest BCUT2D eigenvalue weighted by Crippen LogP contribution is -2.07. The number of amides is 1. The largest absolute Gasteiger partial charge is 0.325 e. The number of carbonyl (C=O) groups excluding carboxylic acids is 1. The average Bonchev–Trinajstić information content (AvgIpc) is 2.20. The van der Waals surface area contributed by atoms with E-state index in [9.17, 15) is 4.79 Å². The summed E-state index contributed by atoms with van der Waals surface area (Å²) in [7, 11) is 1.84. The number of hydrogen-bond acceptors (Lipinski definition) is 2. The van der Waals surface area contributed by atoms with Crippen LogP contribution in [-0.2, 0) is 4.79 Å². The standard InChI is InChI=1S/C12H14N2O/c1-10(15)14-12-8-4-3-6-11(12)7-5-9-13-2/h3-4,6,8,13H,9H2,1-2H3,(H,14,15). The van der Waals surface area contributed by atoms with Gasteiger partial charge in [0.1, 0.15) is 0 Å². The molecule has 0 atom stereocenters. The average molecular weight is 202 g/mol. The molecule has 0 radical (unpaired) electrons. The Kier molecular flexibility index (Phi) is 4.39. The zero-order chi connectivity index (χ0) is 11.1. The van der Waals surface area contributed by atoms with E-state index in [1.165, 1.54) is 6.92 Å². The minimum absolute atomic E-state index is 0.0853. The van der Waals surface area contributed by atoms with Crippen LogP contribution in [-0.4, -0.2) is 19.5 Å². The molecule has 78 valence electrons. The Morgan fingerprint density at radius 3 is 2.80 bits per heavy atom. The van der Waals surface area contributed by atoms with Crippen molar-refractivity contribution in [3.63, 3.8) is 0 Å². The second-order valence-electron chi connectivity index (χ2n) is 3.06. The van der Waals surface area contributed by atoms with Crippen LogP contribution in [0.4, 0.5) is 5.69 Å². The normalized spacial score (nSPS) is 8.93. The SMILES string of the molecule is CNCC#Cc1ccccc1NC(C)=O. The number of anilines is 1. The van der Waals surface area contributed by atoms with E-state index in [0.29, 0.717) is 6.54 Å². The van der Waals surface area contributed by atoms with E-state index >= 15 is 0 Å². The Morgan fingerprint density at radius 2 is 2.13 bits per heavy atom. The smallest absolute Gasteiger partial charge is 0.221 e. The molecule has 0 saturated carbocycles. The van der Waals surface area contributed by atoms with Gasteiger partial charge in [-0.2, -0.15) is 0 Å². The summed E-state index contributed by atoms with van der Waals surface area (Å²) in [6.07, 6.45) is 0. The van der Waals surface area contributed by atoms with Crippen molar-refractivity contribution in [2.45, 2.75) is 6.92 Å². The molecule has 0 aliphatic heterocycles. The molecule has 1 aromatic carbocycles. The van der Waals surface area contributed by atoms with E-state index in [1.807, 2.05) is 31.3 Å². The first-order chi connectivity index (χ1) is 7.24. The Hall–Kier alpha value is -1.79. The van der Waals surface area contributed by atoms with Gasteiger partial charge in [-0.3, -0.25) is 4.79 Å². The summed E-state index contributed by atoms with van der Waals surface area (Å²) in [6.45, 7) is 2.12. The highest BCUT2D eigenvalue weighted by atomic mass is 16.1. The van der Waals surface area contributed by atoms with Gasteiger partial charge in [-0.15, -0.1) is 0 Å². The third-order valence-electron chi connectivity index (χ3n) is 1.73. The second-order valence-corrected chi connectivity index (χ2v) is 3.06. The van der Waals surface area contributed by atoms with Crippen molar-refractivity contribution in [1.29, 1.82) is 0 Å². The quantitative estimate of drug-likeness (QED) is 0.708. The summed E-state index contributed by atoms with van der Waals surface area (Å²) < 4.78 is 0. The third kappa shape index (κ3) is 3.84. The molecule has 15 heavy (non-hydrogen) atoms. The number of carbonyl (C=O) groups is 1. The molecule has 3 nitrogen and oxygen atoms in total. The molecule has 0 aliphatic rings. The molecule has 1 aromatic rings. The van der Waals surface area contributed by atoms with Gasteiger partial charge >= 0.3 is 0 Å². The second kappa shape index (κ2) is 5.84. The lowest BCUT2D eigenvalue weighted by atomic mass is 10.2. The minimum Gasteiger partial charge on any atom is -0.325 e. The first-order valence-corrected chi connectivity index (χ1v) is 4.74. The van der Waals surface area contributed by atoms with Crippen LogP contribution < -0.4 is 10.6 Å². The maximum Gasteiger partial charge on any atom is 0.221 e. The van der Waals surface area contributed by atoms with Gasteiger partial charge in [0.25, 0.3) is 0 Å². The Morgan fingerprint density at radius 1 is 1.40 bits per heavy atom. The maximum atomic E-state index is 10.9. The number of rotatable bonds is 2. The zero-order valence-corrected chi connectivity index (χ0v) is 8.92. The molecule has 1 rings (SSSR count). The Labute approximate surface area is 89.9 Å². The molecular weight excluding hydrogens is 188 g/mol. The van der Waals surface area contributed by atoms with Crippen LogP contribution in [0.15, 0.2) is 24.3 Å². The number of nitrogens with one attached hydrogen (secondary N) is 2. The molecule has 0 unspecified atom stereocenters. The molecule has 3 heteroatoms. The van der Waals surface area contributed by atoms with Gasteiger partial charge in [-0.1, -0.05) is 24.0 Å². The first kappa shape index (κ1) is 11.3. The Bertz CT molecular complexity index is 402. The zero-order valence-electron chi connectivity index (χ0n) is 8.92. The summed E-state index contributed by atoms with van der Waals surface area (Å²) in [5.74, 6) is 5.86. The summed E-state index contributed by atoms with van der Waals surface area (Å²) in [5, 5.41) is 5.68. The number of hydrogen-bond donors (Lipinski definition) is 2. The minimum atomic E-state index is -0.0853. The summed E-state index contributed by atoms with van der Waals surface area (Å²) in [6, 6.07) is 7.49. The molecule has 1 amide bonds. The first-order valence-electron chi connectivity index (χ1n) is 4.74. The van der Waals surface area contributed by atoms with Crippen molar-refractivity contribution in [3.8, 4) is 11.8 Å². The molecule has 0 fully saturated rings. The fourth-order valence-corrected chi connectivity index (χ4v) is 1.12. The van der Waals surface area contributed by atoms with Gasteiger partial charge in [0.15, 0.2) is 0 Å². The molecule has 0 bridgehead atoms. The lowest BCUT2D eigenvalue weighted by Gasteiger charge is -2.03. The number of benzene rings is 1. The molecule has 0 saturated heterocycles. The predicted molar refractivity (Wildman–Crippen MR) is 61.6 cm³/mol. The highest BCUT2D eigenvalue weighted by Crippen LogP contribution is 2.12. The maximum absolute atomic E-state index is 10.9. The van der Waals surface area contributed by atoms with Gasteiger partial charge in [0.2, 0.25) is 5.91 Å². The molecular formula is C12H14N2O. The fourth-order valence-electron chi connectivity index (χ4n) is 1.12. The molecule has 0 aromatic heterocycles. The van der Waals surface area contributed by atoms with Crippen molar-refractivity contribution in [1.82, 2.24) is 5.32 Å². The Balaban J connectivity index is 2.87. The van der Waals surface area contributed by atoms with E-state index in [2.05, 4.69) is 22.5 Å². The van der Waals surface area contributed by atoms with E-state index in [-0.39, 0.29) is 5.91 Å². The van der Waals surface area contributed by atoms with Crippen LogP contribution in [0, 0.1) is 11.8 Å². The van der Waals surface area contributed by atoms with E-state index in [0.717, 1.165) is 11.3 Å². The highest BCUT2D eigenvalue weighted by Gasteiger charge is 1.99. The van der Waals surface area contributed by atoms with Crippen LogP contribution in [0.3, 0.4) is 0 Å². The van der Waals surface area contributed by atoms with Gasteiger partial charge in [-0.05, 0) is 19.2 Å². The van der Waals surface area contributed by atoms with Gasteiger partial charge in [0, 0.05) is 12.5 Å². The van der Waals surface area contributed by atoms with E-state index in [1.54, 1.807) is 0 Å². The third-order valence-corrected chi connectivity index (χ3v) is 1.73. The van der Waals surface area contributed by atoms with Crippen molar-refractivity contribution < 1.29 is 4.79 Å². The summed E-state index contributed by atoms with van der Waals surface area (Å²) in [5.41, 5.74) is 1.59. The van der Waals surface area contributed by atoms with Gasteiger partial charge < -0.3 is 10.6 Å². The summed E-state index contributed by atoms with van der Waals surface area (Å²) >= 11 is 0. The van der Waals surface area contributed by atoms with Crippen molar-refractivity contribution >= 4 is 11.6 Å². The molecule has 0 spiro atoms. The van der Waals surface area contributed by atoms with Crippen LogP contribution in [0.1, 0.15) is 12.5 Å². The van der Waals surface area contributed by atoms with Crippen LogP contribution in [0.2, 0.25) is 0 Å². The molecule has 2 N–H and O–H groups in total. The lowest BCUT2D eigenvalue weighted by molar-refractivity contribution is -0.114. The molecule has 0 heterocycles. The number of para-hydroxylation sites is 1. The summed E-state index contributed by atoms with van der Waals surface area (Å²) in [4.78, 5) is 10.9. The van der Waals surface area contributed by atoms with Crippen molar-refractivity contribution in [2.24, 2.45) is 0 Å². The fraction of sp³-hybridized carbons (Fsp3) is 0.250. The van der Waals surface area contributed by atoms with E-state index in [4.69, 9.17) is 0 Å². The van der Waals surface area contributed by atoms with Crippen molar-refractivity contribution in [2.75, 3.05) is 18.9 Å². The predicted octanol–water partition coefficient (Wildman–Crippen LogP) is 1.22. The highest BCUT2D eigenvalue weighted by molar-refractivity contribution is 5.90. The van der Waals surface area contributed by atoms with Crippen molar-refractivity contribution in [3.05, 3.63) is 29.8 Å². The monoisotopic (exact) mass is 202 g/mol. The topological polar surface area (TPSA) is 41.1 Å². The molecule has 0 aliphatic carbocycles.